The normalized spacial score (nSPS) is 12.7. The zero-order chi connectivity index (χ0) is 18.0. The minimum Gasteiger partial charge on any atom is -0.382 e. The summed E-state index contributed by atoms with van der Waals surface area (Å²) in [7, 11) is -4.26. The second kappa shape index (κ2) is 8.47. The summed E-state index contributed by atoms with van der Waals surface area (Å²) in [5, 5.41) is 0. The Kier molecular flexibility index (Phi) is 6.79. The molecule has 1 radical (unpaired) electrons. The third-order valence-corrected chi connectivity index (χ3v) is 5.34. The van der Waals surface area contributed by atoms with Crippen molar-refractivity contribution >= 4 is 60.1 Å². The van der Waals surface area contributed by atoms with Crippen LogP contribution in [0.2, 0.25) is 0 Å². The minimum atomic E-state index is -4.26. The van der Waals surface area contributed by atoms with Gasteiger partial charge in [-0.1, -0.05) is 30.3 Å². The van der Waals surface area contributed by atoms with E-state index in [2.05, 4.69) is 15.0 Å². The number of aromatic nitrogens is 4. The Morgan fingerprint density at radius 1 is 1.15 bits per heavy atom. The van der Waals surface area contributed by atoms with Gasteiger partial charge in [-0.25, -0.2) is 4.98 Å². The Morgan fingerprint density at radius 2 is 1.85 bits per heavy atom. The molecule has 0 aliphatic heterocycles. The number of nitrogens with two attached hydrogens (primary N) is 2. The Morgan fingerprint density at radius 3 is 2.50 bits per heavy atom. The number of hydrogen-bond donors (Lipinski definition) is 4. The summed E-state index contributed by atoms with van der Waals surface area (Å²) in [4.78, 5) is 31.5. The van der Waals surface area contributed by atoms with Crippen LogP contribution in [-0.2, 0) is 11.1 Å². The Bertz CT molecular complexity index is 930. The Labute approximate surface area is 172 Å². The number of anilines is 2. The topological polar surface area (TPSA) is 153 Å². The van der Waals surface area contributed by atoms with Crippen LogP contribution in [0.5, 0.6) is 0 Å². The molecule has 133 valence electrons. The first-order valence-electron chi connectivity index (χ1n) is 7.70. The van der Waals surface area contributed by atoms with Crippen LogP contribution in [0.3, 0.4) is 0 Å². The number of benzene rings is 1. The average Bonchev–Trinajstić information content (AvgIpc) is 2.94. The molecule has 3 rings (SSSR count). The number of imidazole rings is 1. The van der Waals surface area contributed by atoms with Crippen LogP contribution in [0, 0.1) is 0 Å². The SMILES string of the molecule is Nc1nc(N)c2ncn(CCCC(c3ccccc3)P(=O)(O)O)c2n1.[Na]. The third kappa shape index (κ3) is 4.62. The number of nitrogens with zero attached hydrogens (tertiary/aromatic N) is 4. The van der Waals surface area contributed by atoms with Gasteiger partial charge < -0.3 is 25.8 Å². The number of fused-ring (bicyclic) bond motifs is 1. The zero-order valence-corrected chi connectivity index (χ0v) is 17.3. The molecule has 0 bridgehead atoms. The fraction of sp³-hybridized carbons (Fsp3) is 0.267. The molecule has 0 amide bonds. The molecule has 3 aromatic rings. The molecule has 1 atom stereocenters. The van der Waals surface area contributed by atoms with E-state index >= 15 is 0 Å². The largest absolute Gasteiger partial charge is 0.382 e. The van der Waals surface area contributed by atoms with Crippen molar-refractivity contribution in [3.8, 4) is 0 Å². The van der Waals surface area contributed by atoms with Gasteiger partial charge in [-0.05, 0) is 18.4 Å². The molecule has 2 heterocycles. The molecule has 26 heavy (non-hydrogen) atoms. The summed E-state index contributed by atoms with van der Waals surface area (Å²) in [5.41, 5.74) is 12.1. The molecular weight excluding hydrogens is 366 g/mol. The monoisotopic (exact) mass is 385 g/mol. The van der Waals surface area contributed by atoms with E-state index in [0.29, 0.717) is 36.1 Å². The molecule has 0 aliphatic rings. The van der Waals surface area contributed by atoms with Gasteiger partial charge in [-0.3, -0.25) is 4.57 Å². The average molecular weight is 385 g/mol. The van der Waals surface area contributed by atoms with Gasteiger partial charge in [-0.2, -0.15) is 9.97 Å². The van der Waals surface area contributed by atoms with Crippen molar-refractivity contribution < 1.29 is 14.4 Å². The molecule has 11 heteroatoms. The molecule has 0 fully saturated rings. The van der Waals surface area contributed by atoms with Crippen molar-refractivity contribution in [2.24, 2.45) is 0 Å². The van der Waals surface area contributed by atoms with Crippen molar-refractivity contribution in [2.45, 2.75) is 25.0 Å². The summed E-state index contributed by atoms with van der Waals surface area (Å²) in [5.74, 6) is 0.266. The first-order valence-corrected chi connectivity index (χ1v) is 9.38. The predicted molar refractivity (Wildman–Crippen MR) is 100 cm³/mol. The van der Waals surface area contributed by atoms with Gasteiger partial charge in [0.25, 0.3) is 0 Å². The van der Waals surface area contributed by atoms with Gasteiger partial charge in [0.1, 0.15) is 5.52 Å². The quantitative estimate of drug-likeness (QED) is 0.366. The zero-order valence-electron chi connectivity index (χ0n) is 14.4. The van der Waals surface area contributed by atoms with Gasteiger partial charge in [0.15, 0.2) is 11.5 Å². The maximum atomic E-state index is 11.8. The van der Waals surface area contributed by atoms with Crippen molar-refractivity contribution in [2.75, 3.05) is 11.5 Å². The van der Waals surface area contributed by atoms with Crippen LogP contribution >= 0.6 is 7.60 Å². The van der Waals surface area contributed by atoms with Gasteiger partial charge in [0.05, 0.1) is 12.0 Å². The predicted octanol–water partition coefficient (Wildman–Crippen LogP) is 1.31. The van der Waals surface area contributed by atoms with Gasteiger partial charge in [0, 0.05) is 36.1 Å². The number of nitrogen functional groups attached to an aromatic ring is 2. The standard InChI is InChI=1S/C15H19N6O3P.Na/c16-13-12-14(20-15(17)19-13)21(9-18-12)8-4-7-11(25(22,23)24)10-5-2-1-3-6-10;/h1-3,5-6,9,11H,4,7-8H2,(H2,22,23,24)(H4,16,17,19,20);. The fourth-order valence-corrected chi connectivity index (χ4v) is 3.89. The van der Waals surface area contributed by atoms with E-state index in [-0.39, 0.29) is 41.3 Å². The maximum Gasteiger partial charge on any atom is 0.332 e. The van der Waals surface area contributed by atoms with Crippen LogP contribution in [0.4, 0.5) is 11.8 Å². The molecule has 9 nitrogen and oxygen atoms in total. The first-order chi connectivity index (χ1) is 11.9. The van der Waals surface area contributed by atoms with E-state index in [1.165, 1.54) is 0 Å². The fourth-order valence-electron chi connectivity index (χ4n) is 2.81. The van der Waals surface area contributed by atoms with Crippen LogP contribution in [0.25, 0.3) is 11.2 Å². The molecule has 2 aromatic heterocycles. The van der Waals surface area contributed by atoms with Crippen molar-refractivity contribution in [1.82, 2.24) is 19.5 Å². The van der Waals surface area contributed by atoms with E-state index < -0.39 is 13.3 Å². The number of hydrogen-bond acceptors (Lipinski definition) is 6. The third-order valence-electron chi connectivity index (χ3n) is 3.98. The maximum absolute atomic E-state index is 11.8. The van der Waals surface area contributed by atoms with Gasteiger partial charge in [0.2, 0.25) is 5.95 Å². The summed E-state index contributed by atoms with van der Waals surface area (Å²) in [6.07, 6.45) is 2.42. The number of rotatable bonds is 6. The van der Waals surface area contributed by atoms with E-state index in [4.69, 9.17) is 11.5 Å². The summed E-state index contributed by atoms with van der Waals surface area (Å²) in [6, 6.07) is 8.80. The molecule has 0 saturated carbocycles. The van der Waals surface area contributed by atoms with Crippen molar-refractivity contribution in [3.63, 3.8) is 0 Å². The smallest absolute Gasteiger partial charge is 0.332 e. The van der Waals surface area contributed by atoms with E-state index in [9.17, 15) is 14.4 Å². The summed E-state index contributed by atoms with van der Waals surface area (Å²) < 4.78 is 13.6. The van der Waals surface area contributed by atoms with Gasteiger partial charge >= 0.3 is 7.60 Å². The van der Waals surface area contributed by atoms with Crippen LogP contribution in [-0.4, -0.2) is 58.9 Å². The molecule has 0 spiro atoms. The van der Waals surface area contributed by atoms with Crippen molar-refractivity contribution in [3.05, 3.63) is 42.2 Å². The first kappa shape index (κ1) is 20.8. The summed E-state index contributed by atoms with van der Waals surface area (Å²) in [6.45, 7) is 0.482. The molecule has 6 N–H and O–H groups in total. The van der Waals surface area contributed by atoms with Crippen molar-refractivity contribution in [1.29, 1.82) is 0 Å². The molecule has 0 saturated heterocycles. The molecule has 1 aromatic carbocycles. The number of aryl methyl sites for hydroxylation is 1. The van der Waals surface area contributed by atoms with E-state index in [0.717, 1.165) is 0 Å². The minimum absolute atomic E-state index is 0. The Balaban J connectivity index is 0.00000243. The van der Waals surface area contributed by atoms with Crippen LogP contribution in [0.15, 0.2) is 36.7 Å². The van der Waals surface area contributed by atoms with Crippen LogP contribution in [0.1, 0.15) is 24.1 Å². The molecular formula is C15H19N6NaO3P. The van der Waals surface area contributed by atoms with Crippen LogP contribution < -0.4 is 11.5 Å². The second-order valence-corrected chi connectivity index (χ2v) is 7.54. The summed E-state index contributed by atoms with van der Waals surface area (Å²) >= 11 is 0. The Hall–Kier alpha value is -1.48. The molecule has 0 aliphatic carbocycles. The van der Waals surface area contributed by atoms with E-state index in [1.54, 1.807) is 35.2 Å². The second-order valence-electron chi connectivity index (χ2n) is 5.74. The van der Waals surface area contributed by atoms with E-state index in [1.807, 2.05) is 6.07 Å². The van der Waals surface area contributed by atoms with Gasteiger partial charge in [-0.15, -0.1) is 0 Å². The molecule has 1 unspecified atom stereocenters.